The highest BCUT2D eigenvalue weighted by atomic mass is 16.5. The lowest BCUT2D eigenvalue weighted by atomic mass is 9.72. The van der Waals surface area contributed by atoms with Gasteiger partial charge in [-0.15, -0.1) is 0 Å². The number of rotatable bonds is 5. The number of ether oxygens (including phenoxy) is 1. The standard InChI is InChI=1S/C16H23NO4/c1-16(2,20)13-6-4-3-5-11(13)10-21-15-8-17-7-14(19)12(15)9-18/h7-9,11,13,19-20H,3-6,10H2,1-2H3. The second-order valence-corrected chi connectivity index (χ2v) is 6.30. The van der Waals surface area contributed by atoms with Gasteiger partial charge in [-0.05, 0) is 38.5 Å². The van der Waals surface area contributed by atoms with Crippen molar-refractivity contribution in [1.29, 1.82) is 0 Å². The van der Waals surface area contributed by atoms with E-state index >= 15 is 0 Å². The van der Waals surface area contributed by atoms with Crippen molar-refractivity contribution in [3.8, 4) is 11.5 Å². The Bertz CT molecular complexity index is 496. The van der Waals surface area contributed by atoms with E-state index in [1.165, 1.54) is 12.4 Å². The van der Waals surface area contributed by atoms with Crippen molar-refractivity contribution in [3.05, 3.63) is 18.0 Å². The van der Waals surface area contributed by atoms with E-state index in [0.29, 0.717) is 18.6 Å². The van der Waals surface area contributed by atoms with Gasteiger partial charge < -0.3 is 14.9 Å². The van der Waals surface area contributed by atoms with Crippen LogP contribution >= 0.6 is 0 Å². The number of carbonyl (C=O) groups is 1. The first-order chi connectivity index (χ1) is 9.93. The summed E-state index contributed by atoms with van der Waals surface area (Å²) in [5.74, 6) is 0.534. The Balaban J connectivity index is 2.08. The van der Waals surface area contributed by atoms with Gasteiger partial charge in [-0.2, -0.15) is 0 Å². The minimum atomic E-state index is -0.737. The molecule has 21 heavy (non-hydrogen) atoms. The van der Waals surface area contributed by atoms with Crippen molar-refractivity contribution in [3.63, 3.8) is 0 Å². The summed E-state index contributed by atoms with van der Waals surface area (Å²) >= 11 is 0. The molecule has 1 aromatic heterocycles. The van der Waals surface area contributed by atoms with E-state index in [9.17, 15) is 15.0 Å². The first-order valence-corrected chi connectivity index (χ1v) is 7.40. The van der Waals surface area contributed by atoms with Crippen molar-refractivity contribution < 1.29 is 19.7 Å². The summed E-state index contributed by atoms with van der Waals surface area (Å²) in [6.45, 7) is 4.09. The number of aldehydes is 1. The molecule has 0 amide bonds. The molecule has 5 nitrogen and oxygen atoms in total. The highest BCUT2D eigenvalue weighted by Gasteiger charge is 2.36. The van der Waals surface area contributed by atoms with Crippen molar-refractivity contribution in [2.45, 2.75) is 45.1 Å². The van der Waals surface area contributed by atoms with Crippen LogP contribution in [-0.4, -0.2) is 33.7 Å². The first kappa shape index (κ1) is 15.8. The van der Waals surface area contributed by atoms with E-state index in [1.54, 1.807) is 0 Å². The SMILES string of the molecule is CC(C)(O)C1CCCCC1COc1cncc(O)c1C=O. The maximum atomic E-state index is 11.0. The Morgan fingerprint density at radius 1 is 1.38 bits per heavy atom. The quantitative estimate of drug-likeness (QED) is 0.816. The van der Waals surface area contributed by atoms with Crippen molar-refractivity contribution in [2.24, 2.45) is 11.8 Å². The fraction of sp³-hybridized carbons (Fsp3) is 0.625. The molecule has 5 heteroatoms. The Hall–Kier alpha value is -1.62. The Labute approximate surface area is 125 Å². The maximum absolute atomic E-state index is 11.0. The average molecular weight is 293 g/mol. The molecule has 1 heterocycles. The molecule has 2 unspecified atom stereocenters. The summed E-state index contributed by atoms with van der Waals surface area (Å²) in [7, 11) is 0. The molecule has 0 saturated heterocycles. The predicted molar refractivity (Wildman–Crippen MR) is 78.5 cm³/mol. The fourth-order valence-corrected chi connectivity index (χ4v) is 3.21. The van der Waals surface area contributed by atoms with Gasteiger partial charge in [0, 0.05) is 0 Å². The van der Waals surface area contributed by atoms with Gasteiger partial charge in [-0.1, -0.05) is 12.8 Å². The fourth-order valence-electron chi connectivity index (χ4n) is 3.21. The van der Waals surface area contributed by atoms with E-state index in [0.717, 1.165) is 25.7 Å². The number of carbonyl (C=O) groups excluding carboxylic acids is 1. The van der Waals surface area contributed by atoms with Crippen LogP contribution < -0.4 is 4.74 Å². The molecule has 1 saturated carbocycles. The van der Waals surface area contributed by atoms with Gasteiger partial charge in [0.05, 0.1) is 24.6 Å². The molecule has 1 aliphatic rings. The molecule has 0 spiro atoms. The monoisotopic (exact) mass is 293 g/mol. The van der Waals surface area contributed by atoms with Gasteiger partial charge in [-0.3, -0.25) is 9.78 Å². The third-order valence-corrected chi connectivity index (χ3v) is 4.32. The number of aliphatic hydroxyl groups is 1. The maximum Gasteiger partial charge on any atom is 0.157 e. The third kappa shape index (κ3) is 3.73. The summed E-state index contributed by atoms with van der Waals surface area (Å²) in [6.07, 6.45) is 7.45. The molecule has 1 aliphatic carbocycles. The normalized spacial score (nSPS) is 22.8. The summed E-state index contributed by atoms with van der Waals surface area (Å²) < 4.78 is 5.71. The molecule has 0 radical (unpaired) electrons. The van der Waals surface area contributed by atoms with E-state index in [4.69, 9.17) is 4.74 Å². The van der Waals surface area contributed by atoms with Crippen molar-refractivity contribution in [1.82, 2.24) is 4.98 Å². The lowest BCUT2D eigenvalue weighted by molar-refractivity contribution is -0.0378. The molecule has 1 fully saturated rings. The minimum Gasteiger partial charge on any atom is -0.505 e. The van der Waals surface area contributed by atoms with Gasteiger partial charge in [-0.25, -0.2) is 0 Å². The highest BCUT2D eigenvalue weighted by Crippen LogP contribution is 2.37. The molecule has 0 bridgehead atoms. The summed E-state index contributed by atoms with van der Waals surface area (Å²) in [5, 5.41) is 19.9. The average Bonchev–Trinajstić information content (AvgIpc) is 2.44. The second-order valence-electron chi connectivity index (χ2n) is 6.30. The van der Waals surface area contributed by atoms with E-state index in [1.807, 2.05) is 13.8 Å². The molecule has 0 aromatic carbocycles. The Morgan fingerprint density at radius 2 is 2.10 bits per heavy atom. The zero-order chi connectivity index (χ0) is 15.5. The molecule has 2 rings (SSSR count). The summed E-state index contributed by atoms with van der Waals surface area (Å²) in [6, 6.07) is 0. The zero-order valence-electron chi connectivity index (χ0n) is 12.6. The molecule has 116 valence electrons. The van der Waals surface area contributed by atoms with Gasteiger partial charge in [0.15, 0.2) is 12.0 Å². The van der Waals surface area contributed by atoms with Gasteiger partial charge >= 0.3 is 0 Å². The van der Waals surface area contributed by atoms with E-state index < -0.39 is 5.60 Å². The third-order valence-electron chi connectivity index (χ3n) is 4.32. The summed E-state index contributed by atoms with van der Waals surface area (Å²) in [5.41, 5.74) is -0.612. The molecular formula is C16H23NO4. The number of nitrogens with zero attached hydrogens (tertiary/aromatic N) is 1. The summed E-state index contributed by atoms with van der Waals surface area (Å²) in [4.78, 5) is 14.9. The number of aromatic nitrogens is 1. The smallest absolute Gasteiger partial charge is 0.157 e. The largest absolute Gasteiger partial charge is 0.505 e. The molecule has 2 N–H and O–H groups in total. The molecular weight excluding hydrogens is 270 g/mol. The van der Waals surface area contributed by atoms with Crippen molar-refractivity contribution in [2.75, 3.05) is 6.61 Å². The van der Waals surface area contributed by atoms with Crippen LogP contribution in [0.25, 0.3) is 0 Å². The van der Waals surface area contributed by atoms with Crippen LogP contribution in [0, 0.1) is 11.8 Å². The van der Waals surface area contributed by atoms with Crippen LogP contribution in [0.3, 0.4) is 0 Å². The van der Waals surface area contributed by atoms with E-state index in [-0.39, 0.29) is 23.1 Å². The van der Waals surface area contributed by atoms with Crippen LogP contribution in [0.1, 0.15) is 49.9 Å². The molecule has 0 aliphatic heterocycles. The number of aromatic hydroxyl groups is 1. The zero-order valence-corrected chi connectivity index (χ0v) is 12.6. The van der Waals surface area contributed by atoms with Crippen LogP contribution in [0.2, 0.25) is 0 Å². The molecule has 1 aromatic rings. The van der Waals surface area contributed by atoms with Crippen molar-refractivity contribution >= 4 is 6.29 Å². The minimum absolute atomic E-state index is 0.126. The highest BCUT2D eigenvalue weighted by molar-refractivity contribution is 5.82. The van der Waals surface area contributed by atoms with E-state index in [2.05, 4.69) is 4.98 Å². The lowest BCUT2D eigenvalue weighted by Gasteiger charge is -2.39. The van der Waals surface area contributed by atoms with Crippen LogP contribution in [0.15, 0.2) is 12.4 Å². The topological polar surface area (TPSA) is 79.7 Å². The first-order valence-electron chi connectivity index (χ1n) is 7.40. The van der Waals surface area contributed by atoms with Crippen LogP contribution in [0.5, 0.6) is 11.5 Å². The Kier molecular flexibility index (Phi) is 4.83. The molecule has 2 atom stereocenters. The lowest BCUT2D eigenvalue weighted by Crippen LogP contribution is -2.40. The second kappa shape index (κ2) is 6.43. The predicted octanol–water partition coefficient (Wildman–Crippen LogP) is 2.56. The van der Waals surface area contributed by atoms with Crippen LogP contribution in [-0.2, 0) is 0 Å². The number of hydrogen-bond donors (Lipinski definition) is 2. The van der Waals surface area contributed by atoms with Gasteiger partial charge in [0.1, 0.15) is 11.3 Å². The Morgan fingerprint density at radius 3 is 2.76 bits per heavy atom. The number of pyridine rings is 1. The van der Waals surface area contributed by atoms with Gasteiger partial charge in [0.2, 0.25) is 0 Å². The van der Waals surface area contributed by atoms with Crippen LogP contribution in [0.4, 0.5) is 0 Å². The number of hydrogen-bond acceptors (Lipinski definition) is 5. The van der Waals surface area contributed by atoms with Gasteiger partial charge in [0.25, 0.3) is 0 Å².